The van der Waals surface area contributed by atoms with Gasteiger partial charge < -0.3 is 15.3 Å². The highest BCUT2D eigenvalue weighted by molar-refractivity contribution is 5.82. The quantitative estimate of drug-likeness (QED) is 0.443. The second kappa shape index (κ2) is 5.74. The van der Waals surface area contributed by atoms with Gasteiger partial charge in [0.2, 0.25) is 0 Å². The average molecular weight is 210 g/mol. The molecule has 0 atom stereocenters. The Hall–Kier alpha value is -1.91. The van der Waals surface area contributed by atoms with Gasteiger partial charge in [0.05, 0.1) is 6.54 Å². The number of nitrogens with two attached hydrogens (primary N) is 1. The minimum absolute atomic E-state index is 0.0264. The highest BCUT2D eigenvalue weighted by Crippen LogP contribution is 2.10. The lowest BCUT2D eigenvalue weighted by Crippen LogP contribution is -2.21. The summed E-state index contributed by atoms with van der Waals surface area (Å²) in [5.74, 6) is 0.400. The van der Waals surface area contributed by atoms with Crippen LogP contribution in [-0.2, 0) is 4.79 Å². The highest BCUT2D eigenvalue weighted by atomic mass is 19.1. The molecule has 1 aromatic rings. The lowest BCUT2D eigenvalue weighted by molar-refractivity contribution is -0.106. The van der Waals surface area contributed by atoms with Crippen molar-refractivity contribution in [2.75, 3.05) is 13.2 Å². The molecule has 0 amide bonds. The molecule has 0 aliphatic rings. The number of ether oxygens (including phenoxy) is 1. The van der Waals surface area contributed by atoms with E-state index in [1.807, 2.05) is 0 Å². The van der Waals surface area contributed by atoms with Gasteiger partial charge in [-0.1, -0.05) is 0 Å². The van der Waals surface area contributed by atoms with E-state index in [9.17, 15) is 9.18 Å². The summed E-state index contributed by atoms with van der Waals surface area (Å²) in [5, 5.41) is 0. The summed E-state index contributed by atoms with van der Waals surface area (Å²) in [6.07, 6.45) is 0.644. The van der Waals surface area contributed by atoms with Gasteiger partial charge in [-0.15, -0.1) is 0 Å². The monoisotopic (exact) mass is 210 g/mol. The summed E-state index contributed by atoms with van der Waals surface area (Å²) < 4.78 is 17.7. The molecule has 0 bridgehead atoms. The third-order valence-electron chi connectivity index (χ3n) is 1.57. The molecular formula is C10H11FN2O2. The molecule has 0 saturated carbocycles. The zero-order chi connectivity index (χ0) is 11.1. The molecule has 5 heteroatoms. The van der Waals surface area contributed by atoms with Crippen molar-refractivity contribution < 1.29 is 13.9 Å². The van der Waals surface area contributed by atoms with Crippen LogP contribution in [0.25, 0.3) is 0 Å². The van der Waals surface area contributed by atoms with Gasteiger partial charge in [0.25, 0.3) is 0 Å². The topological polar surface area (TPSA) is 64.7 Å². The predicted molar refractivity (Wildman–Crippen MR) is 54.4 cm³/mol. The minimum Gasteiger partial charge on any atom is -0.486 e. The number of aliphatic imine (C=N–C) groups is 1. The first kappa shape index (κ1) is 11.2. The van der Waals surface area contributed by atoms with Crippen molar-refractivity contribution in [1.82, 2.24) is 0 Å². The van der Waals surface area contributed by atoms with Crippen molar-refractivity contribution in [1.29, 1.82) is 0 Å². The number of halogens is 1. The molecule has 0 unspecified atom stereocenters. The number of rotatable bonds is 5. The molecule has 0 aromatic heterocycles. The van der Waals surface area contributed by atoms with E-state index in [-0.39, 0.29) is 24.8 Å². The maximum absolute atomic E-state index is 12.5. The number of amidine groups is 1. The number of carbonyl (C=O) groups is 1. The normalized spacial score (nSPS) is 11.1. The molecule has 0 aliphatic carbocycles. The van der Waals surface area contributed by atoms with Crippen LogP contribution in [-0.4, -0.2) is 25.3 Å². The maximum Gasteiger partial charge on any atom is 0.145 e. The number of aldehydes is 1. The van der Waals surface area contributed by atoms with Crippen molar-refractivity contribution >= 4 is 12.1 Å². The van der Waals surface area contributed by atoms with Crippen LogP contribution < -0.4 is 10.5 Å². The zero-order valence-corrected chi connectivity index (χ0v) is 8.02. The Bertz CT molecular complexity index is 349. The van der Waals surface area contributed by atoms with Crippen LogP contribution in [0.2, 0.25) is 0 Å². The first-order valence-electron chi connectivity index (χ1n) is 4.33. The predicted octanol–water partition coefficient (Wildman–Crippen LogP) is 0.761. The zero-order valence-electron chi connectivity index (χ0n) is 8.02. The van der Waals surface area contributed by atoms with E-state index in [1.54, 1.807) is 0 Å². The van der Waals surface area contributed by atoms with E-state index < -0.39 is 0 Å². The number of nitrogens with zero attached hydrogens (tertiary/aromatic N) is 1. The Morgan fingerprint density at radius 2 is 2.13 bits per heavy atom. The molecule has 1 aromatic carbocycles. The van der Waals surface area contributed by atoms with Crippen molar-refractivity contribution in [2.24, 2.45) is 10.7 Å². The lowest BCUT2D eigenvalue weighted by Gasteiger charge is -2.04. The molecule has 1 rings (SSSR count). The van der Waals surface area contributed by atoms with Crippen molar-refractivity contribution in [2.45, 2.75) is 0 Å². The molecule has 2 N–H and O–H groups in total. The van der Waals surface area contributed by atoms with E-state index in [2.05, 4.69) is 4.99 Å². The fraction of sp³-hybridized carbons (Fsp3) is 0.200. The molecule has 0 heterocycles. The largest absolute Gasteiger partial charge is 0.486 e. The minimum atomic E-state index is -0.329. The Morgan fingerprint density at radius 1 is 1.47 bits per heavy atom. The second-order valence-corrected chi connectivity index (χ2v) is 2.74. The molecule has 15 heavy (non-hydrogen) atoms. The summed E-state index contributed by atoms with van der Waals surface area (Å²) in [6, 6.07) is 5.55. The smallest absolute Gasteiger partial charge is 0.145 e. The molecule has 0 spiro atoms. The van der Waals surface area contributed by atoms with E-state index in [0.717, 1.165) is 0 Å². The van der Waals surface area contributed by atoms with E-state index in [4.69, 9.17) is 10.5 Å². The summed E-state index contributed by atoms with van der Waals surface area (Å²) in [7, 11) is 0. The van der Waals surface area contributed by atoms with Gasteiger partial charge in [0.15, 0.2) is 0 Å². The fourth-order valence-electron chi connectivity index (χ4n) is 0.888. The molecule has 0 radical (unpaired) electrons. The SMILES string of the molecule is NC(COc1ccc(F)cc1)=NCC=O. The van der Waals surface area contributed by atoms with Crippen LogP contribution >= 0.6 is 0 Å². The maximum atomic E-state index is 12.5. The summed E-state index contributed by atoms with van der Waals surface area (Å²) in [4.78, 5) is 13.7. The fourth-order valence-corrected chi connectivity index (χ4v) is 0.888. The molecule has 0 fully saturated rings. The lowest BCUT2D eigenvalue weighted by atomic mass is 10.3. The molecule has 0 aliphatic heterocycles. The first-order chi connectivity index (χ1) is 7.22. The summed E-state index contributed by atoms with van der Waals surface area (Å²) in [5.41, 5.74) is 5.43. The van der Waals surface area contributed by atoms with Crippen LogP contribution in [0, 0.1) is 5.82 Å². The average Bonchev–Trinajstić information content (AvgIpc) is 2.25. The Kier molecular flexibility index (Phi) is 4.28. The van der Waals surface area contributed by atoms with Gasteiger partial charge in [0.1, 0.15) is 30.3 Å². The second-order valence-electron chi connectivity index (χ2n) is 2.74. The third kappa shape index (κ3) is 4.21. The third-order valence-corrected chi connectivity index (χ3v) is 1.57. The number of benzene rings is 1. The molecule has 4 nitrogen and oxygen atoms in total. The van der Waals surface area contributed by atoms with E-state index >= 15 is 0 Å². The number of hydrogen-bond donors (Lipinski definition) is 1. The summed E-state index contributed by atoms with van der Waals surface area (Å²) in [6.45, 7) is 0.109. The van der Waals surface area contributed by atoms with E-state index in [0.29, 0.717) is 12.0 Å². The van der Waals surface area contributed by atoms with Gasteiger partial charge in [0, 0.05) is 0 Å². The van der Waals surface area contributed by atoms with Crippen LogP contribution in [0.4, 0.5) is 4.39 Å². The van der Waals surface area contributed by atoms with Crippen LogP contribution in [0.5, 0.6) is 5.75 Å². The van der Waals surface area contributed by atoms with Crippen molar-refractivity contribution in [3.63, 3.8) is 0 Å². The Labute approximate surface area is 86.6 Å². The summed E-state index contributed by atoms with van der Waals surface area (Å²) >= 11 is 0. The number of carbonyl (C=O) groups excluding carboxylic acids is 1. The molecular weight excluding hydrogens is 199 g/mol. The highest BCUT2D eigenvalue weighted by Gasteiger charge is 1.96. The number of hydrogen-bond acceptors (Lipinski definition) is 3. The molecule has 80 valence electrons. The van der Waals surface area contributed by atoms with Crippen LogP contribution in [0.1, 0.15) is 0 Å². The van der Waals surface area contributed by atoms with Crippen molar-refractivity contribution in [3.05, 3.63) is 30.1 Å². The van der Waals surface area contributed by atoms with Gasteiger partial charge in [-0.3, -0.25) is 4.99 Å². The van der Waals surface area contributed by atoms with Crippen molar-refractivity contribution in [3.8, 4) is 5.75 Å². The van der Waals surface area contributed by atoms with Crippen LogP contribution in [0.15, 0.2) is 29.3 Å². The van der Waals surface area contributed by atoms with Gasteiger partial charge >= 0.3 is 0 Å². The van der Waals surface area contributed by atoms with Gasteiger partial charge in [-0.25, -0.2) is 4.39 Å². The van der Waals surface area contributed by atoms with E-state index in [1.165, 1.54) is 24.3 Å². The van der Waals surface area contributed by atoms with Gasteiger partial charge in [-0.2, -0.15) is 0 Å². The Balaban J connectivity index is 2.43. The Morgan fingerprint density at radius 3 is 2.73 bits per heavy atom. The molecule has 0 saturated heterocycles. The van der Waals surface area contributed by atoms with Gasteiger partial charge in [-0.05, 0) is 24.3 Å². The van der Waals surface area contributed by atoms with Crippen LogP contribution in [0.3, 0.4) is 0 Å². The first-order valence-corrected chi connectivity index (χ1v) is 4.33. The standard InChI is InChI=1S/C10H11FN2O2/c11-8-1-3-9(4-2-8)15-7-10(12)13-5-6-14/h1-4,6H,5,7H2,(H2,12,13).